The van der Waals surface area contributed by atoms with Crippen LogP contribution in [0.1, 0.15) is 51.9 Å². The predicted octanol–water partition coefficient (Wildman–Crippen LogP) is 2.71. The van der Waals surface area contributed by atoms with Crippen LogP contribution in [-0.2, 0) is 9.53 Å². The Labute approximate surface area is 102 Å². The maximum atomic E-state index is 11.7. The van der Waals surface area contributed by atoms with Gasteiger partial charge in [0, 0.05) is 6.42 Å². The van der Waals surface area contributed by atoms with E-state index in [4.69, 9.17) is 4.74 Å². The number of amides is 2. The van der Waals surface area contributed by atoms with Crippen molar-refractivity contribution in [2.24, 2.45) is 5.92 Å². The van der Waals surface area contributed by atoms with Crippen LogP contribution in [0.15, 0.2) is 0 Å². The number of hydrogen-bond acceptors (Lipinski definition) is 3. The van der Waals surface area contributed by atoms with Crippen LogP contribution in [0.5, 0.6) is 0 Å². The summed E-state index contributed by atoms with van der Waals surface area (Å²) in [7, 11) is 0. The van der Waals surface area contributed by atoms with E-state index in [2.05, 4.69) is 0 Å². The second-order valence-corrected chi connectivity index (χ2v) is 5.09. The lowest BCUT2D eigenvalue weighted by molar-refractivity contribution is -0.129. The Kier molecular flexibility index (Phi) is 4.02. The fourth-order valence-corrected chi connectivity index (χ4v) is 2.92. The first kappa shape index (κ1) is 12.4. The topological polar surface area (TPSA) is 46.6 Å². The molecule has 1 unspecified atom stereocenters. The van der Waals surface area contributed by atoms with Crippen LogP contribution in [0.4, 0.5) is 4.79 Å². The average molecular weight is 239 g/mol. The highest BCUT2D eigenvalue weighted by Crippen LogP contribution is 2.30. The first-order valence-corrected chi connectivity index (χ1v) is 6.71. The number of hydrogen-bond donors (Lipinski definition) is 0. The zero-order valence-corrected chi connectivity index (χ0v) is 10.5. The summed E-state index contributed by atoms with van der Waals surface area (Å²) in [6.45, 7) is 2.17. The lowest BCUT2D eigenvalue weighted by Crippen LogP contribution is -2.39. The number of carbonyl (C=O) groups excluding carboxylic acids is 2. The summed E-state index contributed by atoms with van der Waals surface area (Å²) in [6.07, 6.45) is 7.22. The van der Waals surface area contributed by atoms with Crippen LogP contribution in [-0.4, -0.2) is 29.5 Å². The van der Waals surface area contributed by atoms with Crippen molar-refractivity contribution < 1.29 is 14.3 Å². The summed E-state index contributed by atoms with van der Waals surface area (Å²) < 4.78 is 5.01. The van der Waals surface area contributed by atoms with Gasteiger partial charge in [0.2, 0.25) is 5.91 Å². The monoisotopic (exact) mass is 239 g/mol. The van der Waals surface area contributed by atoms with E-state index in [0.29, 0.717) is 18.9 Å². The molecule has 0 bridgehead atoms. The van der Waals surface area contributed by atoms with E-state index in [1.807, 2.05) is 0 Å². The van der Waals surface area contributed by atoms with Crippen molar-refractivity contribution in [2.75, 3.05) is 6.61 Å². The number of imide groups is 1. The normalized spacial score (nSPS) is 26.1. The molecule has 2 fully saturated rings. The SMILES string of the molecule is CCC(=O)N1C(=O)OCC1CC1CCCCC1. The molecule has 1 saturated carbocycles. The van der Waals surface area contributed by atoms with Crippen molar-refractivity contribution in [3.63, 3.8) is 0 Å². The van der Waals surface area contributed by atoms with Gasteiger partial charge in [-0.3, -0.25) is 4.79 Å². The summed E-state index contributed by atoms with van der Waals surface area (Å²) >= 11 is 0. The Morgan fingerprint density at radius 2 is 2.06 bits per heavy atom. The molecular formula is C13H21NO3. The predicted molar refractivity (Wildman–Crippen MR) is 63.5 cm³/mol. The smallest absolute Gasteiger partial charge is 0.416 e. The number of carbonyl (C=O) groups is 2. The highest BCUT2D eigenvalue weighted by Gasteiger charge is 2.38. The Morgan fingerprint density at radius 3 is 2.71 bits per heavy atom. The molecule has 4 heteroatoms. The highest BCUT2D eigenvalue weighted by molar-refractivity contribution is 5.93. The Hall–Kier alpha value is -1.06. The largest absolute Gasteiger partial charge is 0.447 e. The third-order valence-corrected chi connectivity index (χ3v) is 3.86. The van der Waals surface area contributed by atoms with Gasteiger partial charge in [-0.25, -0.2) is 9.69 Å². The van der Waals surface area contributed by atoms with E-state index >= 15 is 0 Å². The number of cyclic esters (lactones) is 1. The van der Waals surface area contributed by atoms with Gasteiger partial charge in [-0.2, -0.15) is 0 Å². The Bertz CT molecular complexity index is 297. The van der Waals surface area contributed by atoms with Crippen molar-refractivity contribution in [3.05, 3.63) is 0 Å². The molecule has 0 N–H and O–H groups in total. The van der Waals surface area contributed by atoms with E-state index in [1.165, 1.54) is 37.0 Å². The maximum Gasteiger partial charge on any atom is 0.416 e. The molecule has 1 aliphatic heterocycles. The highest BCUT2D eigenvalue weighted by atomic mass is 16.6. The van der Waals surface area contributed by atoms with Crippen molar-refractivity contribution in [2.45, 2.75) is 57.9 Å². The summed E-state index contributed by atoms with van der Waals surface area (Å²) in [5, 5.41) is 0. The van der Waals surface area contributed by atoms with E-state index in [-0.39, 0.29) is 11.9 Å². The Morgan fingerprint density at radius 1 is 1.35 bits per heavy atom. The molecule has 96 valence electrons. The molecule has 2 amide bonds. The second-order valence-electron chi connectivity index (χ2n) is 5.09. The van der Waals surface area contributed by atoms with Gasteiger partial charge in [-0.1, -0.05) is 39.0 Å². The van der Waals surface area contributed by atoms with E-state index in [1.54, 1.807) is 6.92 Å². The van der Waals surface area contributed by atoms with Gasteiger partial charge in [-0.15, -0.1) is 0 Å². The second kappa shape index (κ2) is 5.52. The average Bonchev–Trinajstić information content (AvgIpc) is 2.71. The minimum absolute atomic E-state index is 0.0157. The molecule has 17 heavy (non-hydrogen) atoms. The summed E-state index contributed by atoms with van der Waals surface area (Å²) in [5.41, 5.74) is 0. The summed E-state index contributed by atoms with van der Waals surface area (Å²) in [6, 6.07) is -0.0157. The molecule has 4 nitrogen and oxygen atoms in total. The summed E-state index contributed by atoms with van der Waals surface area (Å²) in [5.74, 6) is 0.559. The molecule has 1 atom stereocenters. The van der Waals surface area contributed by atoms with Crippen LogP contribution in [0.3, 0.4) is 0 Å². The molecule has 0 aromatic rings. The molecule has 1 saturated heterocycles. The fourth-order valence-electron chi connectivity index (χ4n) is 2.92. The van der Waals surface area contributed by atoms with Gasteiger partial charge in [-0.05, 0) is 12.3 Å². The molecule has 0 spiro atoms. The third-order valence-electron chi connectivity index (χ3n) is 3.86. The van der Waals surface area contributed by atoms with Crippen LogP contribution in [0, 0.1) is 5.92 Å². The van der Waals surface area contributed by atoms with Crippen LogP contribution >= 0.6 is 0 Å². The summed E-state index contributed by atoms with van der Waals surface area (Å²) in [4.78, 5) is 24.6. The van der Waals surface area contributed by atoms with Crippen LogP contribution < -0.4 is 0 Å². The standard InChI is InChI=1S/C13H21NO3/c1-2-12(15)14-11(9-17-13(14)16)8-10-6-4-3-5-7-10/h10-11H,2-9H2,1H3. The van der Waals surface area contributed by atoms with Crippen LogP contribution in [0.2, 0.25) is 0 Å². The fraction of sp³-hybridized carbons (Fsp3) is 0.846. The maximum absolute atomic E-state index is 11.7. The third kappa shape index (κ3) is 2.79. The molecule has 0 radical (unpaired) electrons. The minimum atomic E-state index is -0.447. The van der Waals surface area contributed by atoms with Gasteiger partial charge in [0.1, 0.15) is 6.61 Å². The molecule has 0 aromatic heterocycles. The molecule has 1 aliphatic carbocycles. The molecular weight excluding hydrogens is 218 g/mol. The van der Waals surface area contributed by atoms with Gasteiger partial charge >= 0.3 is 6.09 Å². The minimum Gasteiger partial charge on any atom is -0.447 e. The van der Waals surface area contributed by atoms with E-state index < -0.39 is 6.09 Å². The van der Waals surface area contributed by atoms with Crippen molar-refractivity contribution in [1.82, 2.24) is 4.90 Å². The first-order valence-electron chi connectivity index (χ1n) is 6.71. The van der Waals surface area contributed by atoms with Crippen molar-refractivity contribution >= 4 is 12.0 Å². The molecule has 2 rings (SSSR count). The molecule has 1 heterocycles. The van der Waals surface area contributed by atoms with E-state index in [9.17, 15) is 9.59 Å². The molecule has 0 aromatic carbocycles. The number of ether oxygens (including phenoxy) is 1. The Balaban J connectivity index is 1.94. The van der Waals surface area contributed by atoms with Crippen molar-refractivity contribution in [3.8, 4) is 0 Å². The van der Waals surface area contributed by atoms with Gasteiger partial charge < -0.3 is 4.74 Å². The van der Waals surface area contributed by atoms with Gasteiger partial charge in [0.25, 0.3) is 0 Å². The van der Waals surface area contributed by atoms with Crippen molar-refractivity contribution in [1.29, 1.82) is 0 Å². The lowest BCUT2D eigenvalue weighted by atomic mass is 9.85. The number of nitrogens with zero attached hydrogens (tertiary/aromatic N) is 1. The van der Waals surface area contributed by atoms with Gasteiger partial charge in [0.15, 0.2) is 0 Å². The zero-order chi connectivity index (χ0) is 12.3. The van der Waals surface area contributed by atoms with Gasteiger partial charge in [0.05, 0.1) is 6.04 Å². The van der Waals surface area contributed by atoms with E-state index in [0.717, 1.165) is 6.42 Å². The number of rotatable bonds is 3. The zero-order valence-electron chi connectivity index (χ0n) is 10.5. The first-order chi connectivity index (χ1) is 8.22. The lowest BCUT2D eigenvalue weighted by Gasteiger charge is -2.26. The van der Waals surface area contributed by atoms with Crippen LogP contribution in [0.25, 0.3) is 0 Å². The molecule has 2 aliphatic rings. The quantitative estimate of drug-likeness (QED) is 0.760.